The first kappa shape index (κ1) is 19.2. The van der Waals surface area contributed by atoms with Crippen LogP contribution in [0.1, 0.15) is 29.0 Å². The second-order valence-corrected chi connectivity index (χ2v) is 7.25. The SMILES string of the molecule is COc1ccccc1C1(CNC(=O)c2cc(=O)c3ccccc3o2)CCOCC1. The van der Waals surface area contributed by atoms with Crippen LogP contribution >= 0.6 is 0 Å². The van der Waals surface area contributed by atoms with Crippen molar-refractivity contribution < 1.29 is 18.7 Å². The van der Waals surface area contributed by atoms with Crippen molar-refractivity contribution in [3.63, 3.8) is 0 Å². The van der Waals surface area contributed by atoms with Crippen LogP contribution in [0.3, 0.4) is 0 Å². The minimum absolute atomic E-state index is 0.0101. The number of hydrogen-bond acceptors (Lipinski definition) is 5. The first-order valence-corrected chi connectivity index (χ1v) is 9.65. The minimum Gasteiger partial charge on any atom is -0.496 e. The number of fused-ring (bicyclic) bond motifs is 1. The van der Waals surface area contributed by atoms with Crippen LogP contribution in [0.15, 0.2) is 63.8 Å². The van der Waals surface area contributed by atoms with Gasteiger partial charge < -0.3 is 19.2 Å². The molecule has 1 fully saturated rings. The Labute approximate surface area is 168 Å². The van der Waals surface area contributed by atoms with E-state index in [4.69, 9.17) is 13.9 Å². The van der Waals surface area contributed by atoms with Gasteiger partial charge >= 0.3 is 0 Å². The number of rotatable bonds is 5. The lowest BCUT2D eigenvalue weighted by Crippen LogP contribution is -2.44. The molecule has 1 saturated heterocycles. The summed E-state index contributed by atoms with van der Waals surface area (Å²) in [5, 5.41) is 3.43. The van der Waals surface area contributed by atoms with Crippen LogP contribution in [0.5, 0.6) is 5.75 Å². The van der Waals surface area contributed by atoms with E-state index in [-0.39, 0.29) is 16.6 Å². The molecule has 150 valence electrons. The number of amides is 1. The Kier molecular flexibility index (Phi) is 5.36. The molecule has 1 aromatic heterocycles. The van der Waals surface area contributed by atoms with Crippen molar-refractivity contribution in [1.82, 2.24) is 5.32 Å². The van der Waals surface area contributed by atoms with Crippen molar-refractivity contribution in [2.24, 2.45) is 0 Å². The lowest BCUT2D eigenvalue weighted by atomic mass is 9.73. The fraction of sp³-hybridized carbons (Fsp3) is 0.304. The monoisotopic (exact) mass is 393 g/mol. The van der Waals surface area contributed by atoms with E-state index < -0.39 is 5.91 Å². The zero-order valence-electron chi connectivity index (χ0n) is 16.3. The molecule has 6 nitrogen and oxygen atoms in total. The summed E-state index contributed by atoms with van der Waals surface area (Å²) >= 11 is 0. The number of carbonyl (C=O) groups excluding carboxylic acids is 1. The molecular formula is C23H23NO5. The molecule has 1 aliphatic rings. The molecule has 0 unspecified atom stereocenters. The fourth-order valence-corrected chi connectivity index (χ4v) is 3.94. The van der Waals surface area contributed by atoms with Crippen molar-refractivity contribution in [2.45, 2.75) is 18.3 Å². The van der Waals surface area contributed by atoms with Gasteiger partial charge in [0.1, 0.15) is 11.3 Å². The number of carbonyl (C=O) groups is 1. The van der Waals surface area contributed by atoms with Crippen LogP contribution in [0, 0.1) is 0 Å². The second kappa shape index (κ2) is 8.09. The quantitative estimate of drug-likeness (QED) is 0.720. The molecule has 3 aromatic rings. The molecule has 2 aromatic carbocycles. The van der Waals surface area contributed by atoms with E-state index in [1.165, 1.54) is 6.07 Å². The number of ether oxygens (including phenoxy) is 2. The molecule has 0 atom stereocenters. The van der Waals surface area contributed by atoms with E-state index in [9.17, 15) is 9.59 Å². The number of benzene rings is 2. The van der Waals surface area contributed by atoms with Gasteiger partial charge in [0.15, 0.2) is 11.2 Å². The first-order valence-electron chi connectivity index (χ1n) is 9.65. The van der Waals surface area contributed by atoms with Gasteiger partial charge in [-0.25, -0.2) is 0 Å². The van der Waals surface area contributed by atoms with Crippen molar-refractivity contribution in [3.05, 3.63) is 76.1 Å². The van der Waals surface area contributed by atoms with Gasteiger partial charge in [0.05, 0.1) is 12.5 Å². The Morgan fingerprint density at radius 2 is 1.83 bits per heavy atom. The number of methoxy groups -OCH3 is 1. The standard InChI is InChI=1S/C23H23NO5/c1-27-20-9-5-3-7-17(20)23(10-12-28-13-11-23)15-24-22(26)21-14-18(25)16-6-2-4-8-19(16)29-21/h2-9,14H,10-13,15H2,1H3,(H,24,26). The smallest absolute Gasteiger partial charge is 0.287 e. The molecular weight excluding hydrogens is 370 g/mol. The van der Waals surface area contributed by atoms with Crippen LogP contribution in [-0.4, -0.2) is 32.8 Å². The predicted molar refractivity (Wildman–Crippen MR) is 110 cm³/mol. The summed E-state index contributed by atoms with van der Waals surface area (Å²) in [5.74, 6) is 0.394. The average molecular weight is 393 g/mol. The topological polar surface area (TPSA) is 77.8 Å². The molecule has 0 spiro atoms. The maximum Gasteiger partial charge on any atom is 0.287 e. The molecule has 1 N–H and O–H groups in total. The lowest BCUT2D eigenvalue weighted by Gasteiger charge is -2.38. The Morgan fingerprint density at radius 1 is 1.10 bits per heavy atom. The molecule has 1 aliphatic heterocycles. The highest BCUT2D eigenvalue weighted by Crippen LogP contribution is 2.39. The third-order valence-electron chi connectivity index (χ3n) is 5.57. The number of para-hydroxylation sites is 2. The van der Waals surface area contributed by atoms with Gasteiger partial charge in [-0.3, -0.25) is 9.59 Å². The minimum atomic E-state index is -0.409. The third kappa shape index (κ3) is 3.76. The maximum absolute atomic E-state index is 12.8. The normalized spacial score (nSPS) is 15.8. The van der Waals surface area contributed by atoms with E-state index in [0.717, 1.165) is 24.2 Å². The summed E-state index contributed by atoms with van der Waals surface area (Å²) in [6.45, 7) is 1.62. The van der Waals surface area contributed by atoms with Crippen molar-refractivity contribution in [1.29, 1.82) is 0 Å². The Bertz CT molecular complexity index is 1080. The van der Waals surface area contributed by atoms with Crippen molar-refractivity contribution >= 4 is 16.9 Å². The molecule has 0 bridgehead atoms. The van der Waals surface area contributed by atoms with Gasteiger partial charge in [-0.15, -0.1) is 0 Å². The molecule has 1 amide bonds. The molecule has 4 rings (SSSR count). The largest absolute Gasteiger partial charge is 0.496 e. The van der Waals surface area contributed by atoms with E-state index in [1.54, 1.807) is 31.4 Å². The van der Waals surface area contributed by atoms with Gasteiger partial charge in [-0.05, 0) is 31.0 Å². The summed E-state index contributed by atoms with van der Waals surface area (Å²) in [4.78, 5) is 25.1. The molecule has 0 radical (unpaired) electrons. The lowest BCUT2D eigenvalue weighted by molar-refractivity contribution is 0.0476. The van der Waals surface area contributed by atoms with Gasteiger partial charge in [0, 0.05) is 36.8 Å². The fourth-order valence-electron chi connectivity index (χ4n) is 3.94. The zero-order valence-corrected chi connectivity index (χ0v) is 16.3. The van der Waals surface area contributed by atoms with E-state index in [1.807, 2.05) is 24.3 Å². The number of nitrogens with one attached hydrogen (secondary N) is 1. The molecule has 0 aliphatic carbocycles. The molecule has 29 heavy (non-hydrogen) atoms. The third-order valence-corrected chi connectivity index (χ3v) is 5.57. The van der Waals surface area contributed by atoms with Crippen LogP contribution in [0.25, 0.3) is 11.0 Å². The van der Waals surface area contributed by atoms with Crippen molar-refractivity contribution in [3.8, 4) is 5.75 Å². The van der Waals surface area contributed by atoms with E-state index in [2.05, 4.69) is 5.32 Å². The van der Waals surface area contributed by atoms with Crippen LogP contribution < -0.4 is 15.5 Å². The summed E-state index contributed by atoms with van der Waals surface area (Å²) in [6.07, 6.45) is 1.52. The molecule has 6 heteroatoms. The summed E-state index contributed by atoms with van der Waals surface area (Å²) in [7, 11) is 1.65. The van der Waals surface area contributed by atoms with Crippen LogP contribution in [-0.2, 0) is 10.2 Å². The second-order valence-electron chi connectivity index (χ2n) is 7.25. The summed E-state index contributed by atoms with van der Waals surface area (Å²) < 4.78 is 16.8. The predicted octanol–water partition coefficient (Wildman–Crippen LogP) is 3.28. The summed E-state index contributed by atoms with van der Waals surface area (Å²) in [6, 6.07) is 16.0. The first-order chi connectivity index (χ1) is 14.1. The van der Waals surface area contributed by atoms with Gasteiger partial charge in [-0.2, -0.15) is 0 Å². The van der Waals surface area contributed by atoms with Crippen LogP contribution in [0.2, 0.25) is 0 Å². The van der Waals surface area contributed by atoms with E-state index >= 15 is 0 Å². The Hall–Kier alpha value is -3.12. The molecule has 2 heterocycles. The van der Waals surface area contributed by atoms with Crippen molar-refractivity contribution in [2.75, 3.05) is 26.9 Å². The van der Waals surface area contributed by atoms with Gasteiger partial charge in [-0.1, -0.05) is 30.3 Å². The Morgan fingerprint density at radius 3 is 2.62 bits per heavy atom. The zero-order chi connectivity index (χ0) is 20.3. The average Bonchev–Trinajstić information content (AvgIpc) is 2.78. The molecule has 0 saturated carbocycles. The highest BCUT2D eigenvalue weighted by molar-refractivity contribution is 5.93. The number of hydrogen-bond donors (Lipinski definition) is 1. The Balaban J connectivity index is 1.61. The maximum atomic E-state index is 12.8. The van der Waals surface area contributed by atoms with Gasteiger partial charge in [0.25, 0.3) is 5.91 Å². The summed E-state index contributed by atoms with van der Waals surface area (Å²) in [5.41, 5.74) is 0.904. The van der Waals surface area contributed by atoms with E-state index in [0.29, 0.717) is 30.7 Å². The highest BCUT2D eigenvalue weighted by atomic mass is 16.5. The van der Waals surface area contributed by atoms with Crippen LogP contribution in [0.4, 0.5) is 0 Å². The van der Waals surface area contributed by atoms with Gasteiger partial charge in [0.2, 0.25) is 0 Å². The highest BCUT2D eigenvalue weighted by Gasteiger charge is 2.37.